The summed E-state index contributed by atoms with van der Waals surface area (Å²) in [5, 5.41) is 3.56. The van der Waals surface area contributed by atoms with Gasteiger partial charge in [0.05, 0.1) is 10.8 Å². The van der Waals surface area contributed by atoms with E-state index in [0.717, 1.165) is 13.1 Å². The normalized spacial score (nSPS) is 10.4. The number of nitrogens with zero attached hydrogens (tertiary/aromatic N) is 4. The molecule has 0 aliphatic rings. The molecular formula is C9H9BrClN5. The summed E-state index contributed by atoms with van der Waals surface area (Å²) in [5.41, 5.74) is 0. The molecule has 0 spiro atoms. The number of nitrogens with one attached hydrogen (secondary N) is 1. The fraction of sp³-hybridized carbons (Fsp3) is 0.222. The highest BCUT2D eigenvalue weighted by atomic mass is 79.9. The predicted molar refractivity (Wildman–Crippen MR) is 65.5 cm³/mol. The van der Waals surface area contributed by atoms with Crippen LogP contribution in [0.3, 0.4) is 0 Å². The molecule has 84 valence electrons. The number of imidazole rings is 1. The smallest absolute Gasteiger partial charge is 0.148 e. The van der Waals surface area contributed by atoms with Crippen LogP contribution in [0.1, 0.15) is 0 Å². The molecule has 7 heteroatoms. The van der Waals surface area contributed by atoms with E-state index in [1.165, 1.54) is 6.33 Å². The zero-order chi connectivity index (χ0) is 11.4. The first kappa shape index (κ1) is 11.3. The zero-order valence-corrected chi connectivity index (χ0v) is 10.6. The number of rotatable bonds is 4. The summed E-state index contributed by atoms with van der Waals surface area (Å²) >= 11 is 9.16. The van der Waals surface area contributed by atoms with Gasteiger partial charge in [0, 0.05) is 25.5 Å². The van der Waals surface area contributed by atoms with Crippen molar-refractivity contribution in [2.24, 2.45) is 0 Å². The van der Waals surface area contributed by atoms with Crippen LogP contribution >= 0.6 is 27.5 Å². The predicted octanol–water partition coefficient (Wildman–Crippen LogP) is 2.20. The number of hydrogen-bond acceptors (Lipinski definition) is 4. The highest BCUT2D eigenvalue weighted by Gasteiger charge is 2.05. The first-order valence-corrected chi connectivity index (χ1v) is 5.80. The second-order valence-corrected chi connectivity index (χ2v) is 4.21. The lowest BCUT2D eigenvalue weighted by Gasteiger charge is -2.07. The standard InChI is InChI=1S/C9H9BrClN5/c10-7-8(11)14-5-15-9(7)13-2-4-16-3-1-12-6-16/h1,3,5-6H,2,4H2,(H,13,14,15). The van der Waals surface area contributed by atoms with Crippen molar-refractivity contribution in [1.29, 1.82) is 0 Å². The van der Waals surface area contributed by atoms with E-state index in [9.17, 15) is 0 Å². The van der Waals surface area contributed by atoms with E-state index in [1.807, 2.05) is 10.8 Å². The third-order valence-corrected chi connectivity index (χ3v) is 3.23. The van der Waals surface area contributed by atoms with Gasteiger partial charge in [-0.15, -0.1) is 0 Å². The van der Waals surface area contributed by atoms with Crippen LogP contribution in [-0.4, -0.2) is 26.1 Å². The van der Waals surface area contributed by atoms with E-state index in [0.29, 0.717) is 15.4 Å². The first-order chi connectivity index (χ1) is 7.77. The topological polar surface area (TPSA) is 55.6 Å². The summed E-state index contributed by atoms with van der Waals surface area (Å²) in [6, 6.07) is 0. The Bertz CT molecular complexity index is 459. The van der Waals surface area contributed by atoms with Crippen molar-refractivity contribution < 1.29 is 0 Å². The minimum absolute atomic E-state index is 0.403. The first-order valence-electron chi connectivity index (χ1n) is 4.63. The molecule has 2 aromatic heterocycles. The summed E-state index contributed by atoms with van der Waals surface area (Å²) in [6.45, 7) is 1.55. The molecule has 2 heterocycles. The van der Waals surface area contributed by atoms with E-state index in [4.69, 9.17) is 11.6 Å². The van der Waals surface area contributed by atoms with Crippen LogP contribution in [0.2, 0.25) is 5.15 Å². The van der Waals surface area contributed by atoms with Crippen LogP contribution in [0.5, 0.6) is 0 Å². The molecule has 2 aromatic rings. The van der Waals surface area contributed by atoms with Gasteiger partial charge in [-0.05, 0) is 15.9 Å². The van der Waals surface area contributed by atoms with Gasteiger partial charge >= 0.3 is 0 Å². The molecule has 0 bridgehead atoms. The van der Waals surface area contributed by atoms with Crippen molar-refractivity contribution in [2.75, 3.05) is 11.9 Å². The summed E-state index contributed by atoms with van der Waals surface area (Å²) < 4.78 is 2.66. The van der Waals surface area contributed by atoms with Gasteiger partial charge in [-0.2, -0.15) is 0 Å². The maximum atomic E-state index is 5.84. The van der Waals surface area contributed by atoms with Gasteiger partial charge in [0.1, 0.15) is 17.3 Å². The lowest BCUT2D eigenvalue weighted by atomic mass is 10.5. The molecule has 16 heavy (non-hydrogen) atoms. The second kappa shape index (κ2) is 5.27. The Morgan fingerprint density at radius 1 is 1.44 bits per heavy atom. The summed E-state index contributed by atoms with van der Waals surface area (Å²) in [5.74, 6) is 0.695. The molecule has 0 fully saturated rings. The third-order valence-electron chi connectivity index (χ3n) is 1.97. The highest BCUT2D eigenvalue weighted by Crippen LogP contribution is 2.25. The molecule has 0 saturated carbocycles. The molecule has 0 aromatic carbocycles. The fourth-order valence-corrected chi connectivity index (χ4v) is 1.67. The average Bonchev–Trinajstić information content (AvgIpc) is 2.77. The Balaban J connectivity index is 1.92. The van der Waals surface area contributed by atoms with E-state index in [2.05, 4.69) is 36.2 Å². The number of halogens is 2. The molecule has 0 radical (unpaired) electrons. The Morgan fingerprint density at radius 3 is 3.06 bits per heavy atom. The van der Waals surface area contributed by atoms with Crippen LogP contribution in [0.15, 0.2) is 29.5 Å². The van der Waals surface area contributed by atoms with Crippen molar-refractivity contribution in [3.63, 3.8) is 0 Å². The maximum absolute atomic E-state index is 5.84. The fourth-order valence-electron chi connectivity index (χ4n) is 1.19. The molecule has 0 aliphatic heterocycles. The van der Waals surface area contributed by atoms with Crippen molar-refractivity contribution in [3.8, 4) is 0 Å². The summed E-state index contributed by atoms with van der Waals surface area (Å²) in [7, 11) is 0. The summed E-state index contributed by atoms with van der Waals surface area (Å²) in [6.07, 6.45) is 6.84. The van der Waals surface area contributed by atoms with Crippen molar-refractivity contribution >= 4 is 33.3 Å². The number of aromatic nitrogens is 4. The van der Waals surface area contributed by atoms with Gasteiger partial charge in [-0.1, -0.05) is 11.6 Å². The molecule has 0 aliphatic carbocycles. The van der Waals surface area contributed by atoms with Crippen molar-refractivity contribution in [3.05, 3.63) is 34.7 Å². The molecule has 5 nitrogen and oxygen atoms in total. The Morgan fingerprint density at radius 2 is 2.31 bits per heavy atom. The highest BCUT2D eigenvalue weighted by molar-refractivity contribution is 9.10. The molecule has 0 amide bonds. The van der Waals surface area contributed by atoms with Gasteiger partial charge in [-0.3, -0.25) is 0 Å². The SMILES string of the molecule is Clc1ncnc(NCCn2ccnc2)c1Br. The van der Waals surface area contributed by atoms with E-state index < -0.39 is 0 Å². The Labute approximate surface area is 106 Å². The monoisotopic (exact) mass is 301 g/mol. The zero-order valence-electron chi connectivity index (χ0n) is 8.27. The molecular weight excluding hydrogens is 293 g/mol. The lowest BCUT2D eigenvalue weighted by Crippen LogP contribution is -2.10. The molecule has 0 unspecified atom stereocenters. The summed E-state index contributed by atoms with van der Waals surface area (Å²) in [4.78, 5) is 11.9. The van der Waals surface area contributed by atoms with Gasteiger partial charge in [0.25, 0.3) is 0 Å². The molecule has 0 saturated heterocycles. The van der Waals surface area contributed by atoms with E-state index in [-0.39, 0.29) is 0 Å². The van der Waals surface area contributed by atoms with Crippen LogP contribution in [0, 0.1) is 0 Å². The average molecular weight is 303 g/mol. The number of hydrogen-bond donors (Lipinski definition) is 1. The number of anilines is 1. The minimum Gasteiger partial charge on any atom is -0.367 e. The van der Waals surface area contributed by atoms with Crippen LogP contribution < -0.4 is 5.32 Å². The molecule has 2 rings (SSSR count). The van der Waals surface area contributed by atoms with Gasteiger partial charge in [0.2, 0.25) is 0 Å². The Hall–Kier alpha value is -1.14. The molecule has 1 N–H and O–H groups in total. The van der Waals surface area contributed by atoms with Gasteiger partial charge < -0.3 is 9.88 Å². The lowest BCUT2D eigenvalue weighted by molar-refractivity contribution is 0.725. The van der Waals surface area contributed by atoms with Crippen LogP contribution in [0.25, 0.3) is 0 Å². The van der Waals surface area contributed by atoms with Crippen molar-refractivity contribution in [1.82, 2.24) is 19.5 Å². The largest absolute Gasteiger partial charge is 0.367 e. The molecule has 0 atom stereocenters. The van der Waals surface area contributed by atoms with Crippen molar-refractivity contribution in [2.45, 2.75) is 6.54 Å². The second-order valence-electron chi connectivity index (χ2n) is 3.05. The van der Waals surface area contributed by atoms with Gasteiger partial charge in [0.15, 0.2) is 0 Å². The quantitative estimate of drug-likeness (QED) is 0.880. The Kier molecular flexibility index (Phi) is 3.74. The maximum Gasteiger partial charge on any atom is 0.148 e. The van der Waals surface area contributed by atoms with Gasteiger partial charge in [-0.25, -0.2) is 15.0 Å². The van der Waals surface area contributed by atoms with E-state index >= 15 is 0 Å². The minimum atomic E-state index is 0.403. The van der Waals surface area contributed by atoms with Crippen LogP contribution in [-0.2, 0) is 6.54 Å². The third kappa shape index (κ3) is 2.70. The van der Waals surface area contributed by atoms with E-state index in [1.54, 1.807) is 12.5 Å². The van der Waals surface area contributed by atoms with Crippen LogP contribution in [0.4, 0.5) is 5.82 Å².